The van der Waals surface area contributed by atoms with E-state index in [1.54, 1.807) is 27.7 Å². The largest absolute Gasteiger partial charge is 0.462 e. The van der Waals surface area contributed by atoms with E-state index in [-0.39, 0.29) is 12.2 Å². The number of allylic oxidation sites excluding steroid dienone is 1. The van der Waals surface area contributed by atoms with Crippen LogP contribution in [0.25, 0.3) is 0 Å². The first-order chi connectivity index (χ1) is 11.6. The van der Waals surface area contributed by atoms with E-state index in [1.807, 2.05) is 17.3 Å². The van der Waals surface area contributed by atoms with Crippen LogP contribution in [0, 0.1) is 0 Å². The second kappa shape index (κ2) is 9.80. The van der Waals surface area contributed by atoms with Crippen LogP contribution >= 0.6 is 11.2 Å². The van der Waals surface area contributed by atoms with Crippen LogP contribution in [0.3, 0.4) is 0 Å². The van der Waals surface area contributed by atoms with Crippen LogP contribution < -0.4 is 0 Å². The number of rotatable bonds is 8. The molecule has 25 heavy (non-hydrogen) atoms. The lowest BCUT2D eigenvalue weighted by atomic mass is 9.85. The molecule has 0 amide bonds. The summed E-state index contributed by atoms with van der Waals surface area (Å²) in [7, 11) is -2.10. The molecule has 0 N–H and O–H groups in total. The lowest BCUT2D eigenvalue weighted by Crippen LogP contribution is -2.40. The van der Waals surface area contributed by atoms with Crippen molar-refractivity contribution in [2.75, 3.05) is 6.26 Å². The average Bonchev–Trinajstić information content (AvgIpc) is 2.90. The molecule has 0 aromatic heterocycles. The molecule has 6 nitrogen and oxygen atoms in total. The fourth-order valence-corrected chi connectivity index (χ4v) is 3.64. The van der Waals surface area contributed by atoms with Gasteiger partial charge in [0.15, 0.2) is 12.2 Å². The molecular formula is C16H29BO6SSi. The Hall–Kier alpha value is -0.768. The monoisotopic (exact) mass is 388 g/mol. The van der Waals surface area contributed by atoms with Crippen molar-refractivity contribution in [3.05, 3.63) is 11.8 Å². The summed E-state index contributed by atoms with van der Waals surface area (Å²) in [5, 5.41) is 0. The normalized spacial score (nSPS) is 21.4. The third-order valence-corrected chi connectivity index (χ3v) is 9.07. The van der Waals surface area contributed by atoms with Gasteiger partial charge in [0.25, 0.3) is 0 Å². The van der Waals surface area contributed by atoms with Gasteiger partial charge in [-0.1, -0.05) is 24.9 Å². The number of esters is 2. The summed E-state index contributed by atoms with van der Waals surface area (Å²) in [4.78, 5) is 24.5. The van der Waals surface area contributed by atoms with Gasteiger partial charge in [0.1, 0.15) is 7.22 Å². The van der Waals surface area contributed by atoms with Crippen LogP contribution in [0.2, 0.25) is 19.4 Å². The molecule has 1 aliphatic heterocycles. The minimum Gasteiger partial charge on any atom is -0.461 e. The highest BCUT2D eigenvalue weighted by Crippen LogP contribution is 2.24. The first-order valence-corrected chi connectivity index (χ1v) is 13.5. The third-order valence-electron chi connectivity index (χ3n) is 3.41. The summed E-state index contributed by atoms with van der Waals surface area (Å²) in [6.07, 6.45) is 1.75. The maximum absolute atomic E-state index is 12.2. The van der Waals surface area contributed by atoms with E-state index in [2.05, 4.69) is 25.0 Å². The number of ether oxygens (including phenoxy) is 2. The highest BCUT2D eigenvalue weighted by atomic mass is 32.4. The number of carbonyl (C=O) groups excluding carboxylic acids is 2. The minimum atomic E-state index is -1.43. The van der Waals surface area contributed by atoms with Gasteiger partial charge in [-0.3, -0.25) is 0 Å². The maximum Gasteiger partial charge on any atom is 0.462 e. The standard InChI is InChI=1S/C16H29BO6SSi/c1-11(2)20-15(18)13-14(16(19)21-12(3)4)23-17(22-13)9-8-10-25(6,7)24-5/h8,10-14H,9H2,1-7H3/b10-8+/t13-,14-/m1/s1. The fraction of sp³-hybridized carbons (Fsp3) is 0.750. The third kappa shape index (κ3) is 7.55. The predicted molar refractivity (Wildman–Crippen MR) is 103 cm³/mol. The van der Waals surface area contributed by atoms with Crippen LogP contribution in [0.15, 0.2) is 11.8 Å². The molecule has 1 heterocycles. The van der Waals surface area contributed by atoms with Gasteiger partial charge in [0.2, 0.25) is 0 Å². The van der Waals surface area contributed by atoms with Gasteiger partial charge >= 0.3 is 19.1 Å². The predicted octanol–water partition coefficient (Wildman–Crippen LogP) is 2.83. The topological polar surface area (TPSA) is 71.1 Å². The summed E-state index contributed by atoms with van der Waals surface area (Å²) in [6.45, 7) is 11.4. The molecular weight excluding hydrogens is 359 g/mol. The van der Waals surface area contributed by atoms with Crippen molar-refractivity contribution in [1.29, 1.82) is 0 Å². The van der Waals surface area contributed by atoms with Crippen molar-refractivity contribution >= 4 is 37.5 Å². The van der Waals surface area contributed by atoms with Crippen molar-refractivity contribution < 1.29 is 28.4 Å². The zero-order valence-electron chi connectivity index (χ0n) is 16.1. The molecule has 0 aliphatic carbocycles. The number of carbonyl (C=O) groups is 2. The number of hydrogen-bond donors (Lipinski definition) is 0. The molecule has 0 bridgehead atoms. The van der Waals surface area contributed by atoms with E-state index in [9.17, 15) is 9.59 Å². The molecule has 1 aliphatic rings. The molecule has 0 unspecified atom stereocenters. The van der Waals surface area contributed by atoms with Gasteiger partial charge in [-0.2, -0.15) is 11.2 Å². The Morgan fingerprint density at radius 1 is 1.08 bits per heavy atom. The molecule has 9 heteroatoms. The Balaban J connectivity index is 2.79. The fourth-order valence-electron chi connectivity index (χ4n) is 2.10. The second-order valence-electron chi connectivity index (χ2n) is 6.96. The van der Waals surface area contributed by atoms with Crippen LogP contribution in [-0.4, -0.2) is 57.0 Å². The average molecular weight is 388 g/mol. The van der Waals surface area contributed by atoms with Crippen LogP contribution in [0.5, 0.6) is 0 Å². The second-order valence-corrected chi connectivity index (χ2v) is 15.3. The molecule has 0 aromatic rings. The van der Waals surface area contributed by atoms with Gasteiger partial charge in [-0.25, -0.2) is 9.59 Å². The van der Waals surface area contributed by atoms with Gasteiger partial charge in [0, 0.05) is 0 Å². The highest BCUT2D eigenvalue weighted by Gasteiger charge is 2.49. The first-order valence-electron chi connectivity index (χ1n) is 8.50. The van der Waals surface area contributed by atoms with Gasteiger partial charge in [-0.05, 0) is 40.3 Å². The minimum absolute atomic E-state index is 0.301. The Morgan fingerprint density at radius 3 is 1.88 bits per heavy atom. The molecule has 2 atom stereocenters. The van der Waals surface area contributed by atoms with Crippen LogP contribution in [-0.2, 0) is 28.4 Å². The lowest BCUT2D eigenvalue weighted by Gasteiger charge is -2.18. The SMILES string of the molecule is CS[Si](C)(C)/C=C/CB1O[C@@H](C(=O)OC(C)C)[C@H](C(=O)OC(C)C)O1. The summed E-state index contributed by atoms with van der Waals surface area (Å²) < 4.78 is 21.7. The molecule has 1 saturated heterocycles. The van der Waals surface area contributed by atoms with Gasteiger partial charge < -0.3 is 18.8 Å². The molecule has 0 spiro atoms. The molecule has 142 valence electrons. The Bertz CT molecular complexity index is 467. The lowest BCUT2D eigenvalue weighted by molar-refractivity contribution is -0.167. The summed E-state index contributed by atoms with van der Waals surface area (Å²) >= 11 is 1.86. The highest BCUT2D eigenvalue weighted by molar-refractivity contribution is 8.28. The molecule has 1 rings (SSSR count). The molecule has 0 saturated carbocycles. The Labute approximate surface area is 155 Å². The smallest absolute Gasteiger partial charge is 0.461 e. The quantitative estimate of drug-likeness (QED) is 0.468. The van der Waals surface area contributed by atoms with E-state index in [1.165, 1.54) is 0 Å². The van der Waals surface area contributed by atoms with Crippen LogP contribution in [0.1, 0.15) is 27.7 Å². The van der Waals surface area contributed by atoms with E-state index in [0.29, 0.717) is 6.32 Å². The van der Waals surface area contributed by atoms with Crippen molar-refractivity contribution in [3.63, 3.8) is 0 Å². The molecule has 0 aromatic carbocycles. The zero-order valence-corrected chi connectivity index (χ0v) is 17.9. The van der Waals surface area contributed by atoms with Crippen molar-refractivity contribution in [3.8, 4) is 0 Å². The van der Waals surface area contributed by atoms with Crippen molar-refractivity contribution in [2.45, 2.75) is 71.5 Å². The van der Waals surface area contributed by atoms with E-state index in [4.69, 9.17) is 18.8 Å². The first kappa shape index (κ1) is 22.3. The summed E-state index contributed by atoms with van der Waals surface area (Å²) in [5.74, 6) is -1.21. The van der Waals surface area contributed by atoms with E-state index in [0.717, 1.165) is 0 Å². The van der Waals surface area contributed by atoms with E-state index < -0.39 is 38.5 Å². The Kier molecular flexibility index (Phi) is 8.73. The summed E-state index contributed by atoms with van der Waals surface area (Å²) in [5.41, 5.74) is 2.19. The molecule has 1 fully saturated rings. The summed E-state index contributed by atoms with van der Waals surface area (Å²) in [6, 6.07) is 0. The van der Waals surface area contributed by atoms with Crippen LogP contribution in [0.4, 0.5) is 0 Å². The van der Waals surface area contributed by atoms with E-state index >= 15 is 0 Å². The van der Waals surface area contributed by atoms with Crippen molar-refractivity contribution in [2.24, 2.45) is 0 Å². The molecule has 0 radical (unpaired) electrons. The zero-order chi connectivity index (χ0) is 19.2. The van der Waals surface area contributed by atoms with Crippen molar-refractivity contribution in [1.82, 2.24) is 0 Å². The Morgan fingerprint density at radius 2 is 1.52 bits per heavy atom. The van der Waals surface area contributed by atoms with Gasteiger partial charge in [-0.15, -0.1) is 0 Å². The maximum atomic E-state index is 12.2. The number of hydrogen-bond acceptors (Lipinski definition) is 7. The van der Waals surface area contributed by atoms with Gasteiger partial charge in [0.05, 0.1) is 12.2 Å².